The molecular weight excluding hydrogens is 248 g/mol. The van der Waals surface area contributed by atoms with E-state index in [1.54, 1.807) is 12.1 Å². The van der Waals surface area contributed by atoms with Gasteiger partial charge in [-0.25, -0.2) is 4.79 Å². The largest absolute Gasteiger partial charge is 0.493 e. The highest BCUT2D eigenvalue weighted by Gasteiger charge is 2.39. The van der Waals surface area contributed by atoms with Crippen molar-refractivity contribution in [2.24, 2.45) is 0 Å². The molecule has 0 spiro atoms. The number of carbonyl (C=O) groups excluding carboxylic acids is 1. The molecule has 5 nitrogen and oxygen atoms in total. The summed E-state index contributed by atoms with van der Waals surface area (Å²) in [6.45, 7) is 1.97. The highest BCUT2D eigenvalue weighted by Crippen LogP contribution is 2.43. The van der Waals surface area contributed by atoms with Gasteiger partial charge in [-0.3, -0.25) is 0 Å². The first-order valence-electron chi connectivity index (χ1n) is 6.27. The summed E-state index contributed by atoms with van der Waals surface area (Å²) in [7, 11) is 2.98. The quantitative estimate of drug-likeness (QED) is 0.826. The van der Waals surface area contributed by atoms with Crippen molar-refractivity contribution in [2.45, 2.75) is 32.0 Å². The van der Waals surface area contributed by atoms with E-state index in [1.807, 2.05) is 6.92 Å². The third-order valence-electron chi connectivity index (χ3n) is 3.26. The van der Waals surface area contributed by atoms with Crippen molar-refractivity contribution in [1.29, 1.82) is 0 Å². The minimum atomic E-state index is -0.701. The fourth-order valence-corrected chi connectivity index (χ4v) is 2.36. The van der Waals surface area contributed by atoms with E-state index in [4.69, 9.17) is 14.2 Å². The molecule has 0 saturated heterocycles. The van der Waals surface area contributed by atoms with Crippen LogP contribution in [0.5, 0.6) is 11.5 Å². The standard InChI is InChI=1S/C14H18O5/c1-4-5-9(15)12-8-6-7-10(17-2)13(18-3)11(8)14(16)19-12/h6-7,9,12,15H,4-5H2,1-3H3. The lowest BCUT2D eigenvalue weighted by Gasteiger charge is -2.17. The molecule has 0 saturated carbocycles. The Kier molecular flexibility index (Phi) is 3.95. The minimum Gasteiger partial charge on any atom is -0.493 e. The number of cyclic esters (lactones) is 1. The first-order valence-corrected chi connectivity index (χ1v) is 6.27. The van der Waals surface area contributed by atoms with Crippen LogP contribution in [0.3, 0.4) is 0 Å². The Morgan fingerprint density at radius 1 is 1.37 bits per heavy atom. The summed E-state index contributed by atoms with van der Waals surface area (Å²) in [5.74, 6) is 0.353. The van der Waals surface area contributed by atoms with E-state index in [0.717, 1.165) is 6.42 Å². The van der Waals surface area contributed by atoms with Gasteiger partial charge < -0.3 is 19.3 Å². The lowest BCUT2D eigenvalue weighted by atomic mass is 9.98. The number of ether oxygens (including phenoxy) is 3. The third kappa shape index (κ3) is 2.26. The number of fused-ring (bicyclic) bond motifs is 1. The molecule has 1 heterocycles. The molecule has 19 heavy (non-hydrogen) atoms. The number of aliphatic hydroxyl groups is 1. The average Bonchev–Trinajstić information content (AvgIpc) is 2.75. The summed E-state index contributed by atoms with van der Waals surface area (Å²) < 4.78 is 15.7. The van der Waals surface area contributed by atoms with Crippen LogP contribution in [0.25, 0.3) is 0 Å². The highest BCUT2D eigenvalue weighted by atomic mass is 16.6. The molecule has 0 radical (unpaired) electrons. The molecule has 2 unspecified atom stereocenters. The predicted molar refractivity (Wildman–Crippen MR) is 68.6 cm³/mol. The Balaban J connectivity index is 2.46. The molecule has 0 bridgehead atoms. The molecule has 1 aliphatic rings. The van der Waals surface area contributed by atoms with E-state index in [0.29, 0.717) is 29.0 Å². The summed E-state index contributed by atoms with van der Waals surface area (Å²) in [5, 5.41) is 10.1. The molecule has 1 aromatic carbocycles. The molecule has 5 heteroatoms. The molecule has 104 valence electrons. The van der Waals surface area contributed by atoms with Gasteiger partial charge in [0.1, 0.15) is 5.56 Å². The second kappa shape index (κ2) is 5.48. The first kappa shape index (κ1) is 13.7. The molecule has 0 aliphatic carbocycles. The minimum absolute atomic E-state index is 0.349. The Morgan fingerprint density at radius 3 is 2.68 bits per heavy atom. The molecule has 2 rings (SSSR count). The number of esters is 1. The predicted octanol–water partition coefficient (Wildman–Crippen LogP) is 2.08. The smallest absolute Gasteiger partial charge is 0.343 e. The summed E-state index contributed by atoms with van der Waals surface area (Å²) in [5.41, 5.74) is 1.01. The summed E-state index contributed by atoms with van der Waals surface area (Å²) in [6, 6.07) is 3.45. The molecule has 1 aliphatic heterocycles. The number of carbonyl (C=O) groups is 1. The number of hydrogen-bond donors (Lipinski definition) is 1. The second-order valence-corrected chi connectivity index (χ2v) is 4.45. The van der Waals surface area contributed by atoms with Gasteiger partial charge in [-0.05, 0) is 12.5 Å². The van der Waals surface area contributed by atoms with E-state index in [9.17, 15) is 9.90 Å². The van der Waals surface area contributed by atoms with E-state index < -0.39 is 18.2 Å². The van der Waals surface area contributed by atoms with Crippen LogP contribution in [0, 0.1) is 0 Å². The van der Waals surface area contributed by atoms with E-state index >= 15 is 0 Å². The van der Waals surface area contributed by atoms with Crippen molar-refractivity contribution in [3.63, 3.8) is 0 Å². The molecule has 0 aromatic heterocycles. The van der Waals surface area contributed by atoms with Crippen molar-refractivity contribution in [3.05, 3.63) is 23.3 Å². The van der Waals surface area contributed by atoms with Crippen LogP contribution in [-0.4, -0.2) is 31.4 Å². The van der Waals surface area contributed by atoms with Gasteiger partial charge in [0, 0.05) is 5.56 Å². The van der Waals surface area contributed by atoms with Gasteiger partial charge >= 0.3 is 5.97 Å². The van der Waals surface area contributed by atoms with Crippen LogP contribution in [0.2, 0.25) is 0 Å². The van der Waals surface area contributed by atoms with Crippen LogP contribution in [0.15, 0.2) is 12.1 Å². The average molecular weight is 266 g/mol. The summed E-state index contributed by atoms with van der Waals surface area (Å²) >= 11 is 0. The number of methoxy groups -OCH3 is 2. The van der Waals surface area contributed by atoms with Gasteiger partial charge in [-0.1, -0.05) is 19.4 Å². The number of rotatable bonds is 5. The molecule has 0 fully saturated rings. The van der Waals surface area contributed by atoms with Gasteiger partial charge in [0.15, 0.2) is 17.6 Å². The Bertz CT molecular complexity index is 483. The van der Waals surface area contributed by atoms with Crippen LogP contribution in [0.1, 0.15) is 41.8 Å². The van der Waals surface area contributed by atoms with E-state index in [2.05, 4.69) is 0 Å². The number of benzene rings is 1. The Hall–Kier alpha value is -1.75. The summed E-state index contributed by atoms with van der Waals surface area (Å²) in [6.07, 6.45) is 0.0689. The molecule has 1 N–H and O–H groups in total. The molecular formula is C14H18O5. The van der Waals surface area contributed by atoms with Gasteiger partial charge in [0.25, 0.3) is 0 Å². The van der Waals surface area contributed by atoms with Crippen LogP contribution in [0.4, 0.5) is 0 Å². The van der Waals surface area contributed by atoms with Crippen molar-refractivity contribution >= 4 is 5.97 Å². The maximum Gasteiger partial charge on any atom is 0.343 e. The summed E-state index contributed by atoms with van der Waals surface area (Å²) in [4.78, 5) is 12.0. The fourth-order valence-electron chi connectivity index (χ4n) is 2.36. The Morgan fingerprint density at radius 2 is 2.11 bits per heavy atom. The zero-order chi connectivity index (χ0) is 14.0. The number of aliphatic hydroxyl groups excluding tert-OH is 1. The lowest BCUT2D eigenvalue weighted by molar-refractivity contribution is -0.0122. The van der Waals surface area contributed by atoms with E-state index in [1.165, 1.54) is 14.2 Å². The SMILES string of the molecule is CCCC(O)C1OC(=O)c2c1ccc(OC)c2OC. The van der Waals surface area contributed by atoms with Crippen LogP contribution in [-0.2, 0) is 4.74 Å². The second-order valence-electron chi connectivity index (χ2n) is 4.45. The van der Waals surface area contributed by atoms with Crippen molar-refractivity contribution < 1.29 is 24.1 Å². The highest BCUT2D eigenvalue weighted by molar-refractivity contribution is 5.98. The Labute approximate surface area is 112 Å². The normalized spacial score (nSPS) is 18.7. The van der Waals surface area contributed by atoms with Crippen LogP contribution < -0.4 is 9.47 Å². The monoisotopic (exact) mass is 266 g/mol. The lowest BCUT2D eigenvalue weighted by Crippen LogP contribution is -2.18. The van der Waals surface area contributed by atoms with Crippen LogP contribution >= 0.6 is 0 Å². The van der Waals surface area contributed by atoms with Gasteiger partial charge in [0.2, 0.25) is 0 Å². The molecule has 2 atom stereocenters. The van der Waals surface area contributed by atoms with Gasteiger partial charge in [-0.15, -0.1) is 0 Å². The van der Waals surface area contributed by atoms with E-state index in [-0.39, 0.29) is 0 Å². The van der Waals surface area contributed by atoms with Gasteiger partial charge in [0.05, 0.1) is 20.3 Å². The van der Waals surface area contributed by atoms with Crippen molar-refractivity contribution in [3.8, 4) is 11.5 Å². The van der Waals surface area contributed by atoms with Crippen molar-refractivity contribution in [2.75, 3.05) is 14.2 Å². The molecule has 0 amide bonds. The van der Waals surface area contributed by atoms with Crippen molar-refractivity contribution in [1.82, 2.24) is 0 Å². The topological polar surface area (TPSA) is 65.0 Å². The zero-order valence-corrected chi connectivity index (χ0v) is 11.3. The maximum atomic E-state index is 12.0. The zero-order valence-electron chi connectivity index (χ0n) is 11.3. The van der Waals surface area contributed by atoms with Gasteiger partial charge in [-0.2, -0.15) is 0 Å². The third-order valence-corrected chi connectivity index (χ3v) is 3.26. The fraction of sp³-hybridized carbons (Fsp3) is 0.500. The molecule has 1 aromatic rings. The first-order chi connectivity index (χ1) is 9.13. The maximum absolute atomic E-state index is 12.0. The number of hydrogen-bond acceptors (Lipinski definition) is 5.